The molecular weight excluding hydrogens is 180 g/mol. The highest BCUT2D eigenvalue weighted by Crippen LogP contribution is 2.23. The van der Waals surface area contributed by atoms with Crippen LogP contribution < -0.4 is 0 Å². The molecule has 0 aliphatic carbocycles. The molecule has 0 bridgehead atoms. The average Bonchev–Trinajstić information content (AvgIpc) is 2.10. The second-order valence-corrected chi connectivity index (χ2v) is 4.27. The first-order chi connectivity index (χ1) is 6.50. The number of ether oxygens (including phenoxy) is 1. The number of cyclic esters (lactones) is 1. The van der Waals surface area contributed by atoms with Gasteiger partial charge in [0.2, 0.25) is 0 Å². The molecule has 80 valence electrons. The van der Waals surface area contributed by atoms with Crippen LogP contribution in [-0.4, -0.2) is 17.2 Å². The number of carbonyl (C=O) groups excluding carboxylic acids is 1. The third-order valence-electron chi connectivity index (χ3n) is 2.50. The van der Waals surface area contributed by atoms with Gasteiger partial charge in [0.1, 0.15) is 11.9 Å². The van der Waals surface area contributed by atoms with Crippen LogP contribution in [0.5, 0.6) is 0 Å². The van der Waals surface area contributed by atoms with E-state index in [0.29, 0.717) is 17.9 Å². The molecule has 1 heterocycles. The maximum absolute atomic E-state index is 11.2. The summed E-state index contributed by atoms with van der Waals surface area (Å²) in [6, 6.07) is 0. The number of aliphatic hydroxyl groups is 1. The van der Waals surface area contributed by atoms with Crippen molar-refractivity contribution in [1.29, 1.82) is 0 Å². The van der Waals surface area contributed by atoms with Crippen LogP contribution in [0.2, 0.25) is 0 Å². The van der Waals surface area contributed by atoms with Gasteiger partial charge in [0, 0.05) is 6.42 Å². The highest BCUT2D eigenvalue weighted by molar-refractivity contribution is 5.89. The highest BCUT2D eigenvalue weighted by Gasteiger charge is 2.25. The smallest absolute Gasteiger partial charge is 0.337 e. The normalized spacial score (nSPS) is 22.9. The highest BCUT2D eigenvalue weighted by atomic mass is 16.5. The van der Waals surface area contributed by atoms with Gasteiger partial charge in [-0.2, -0.15) is 0 Å². The quantitative estimate of drug-likeness (QED) is 0.709. The molecule has 1 atom stereocenters. The van der Waals surface area contributed by atoms with E-state index in [0.717, 1.165) is 12.8 Å². The lowest BCUT2D eigenvalue weighted by Gasteiger charge is -2.23. The molecule has 0 fully saturated rings. The topological polar surface area (TPSA) is 46.5 Å². The Morgan fingerprint density at radius 3 is 2.71 bits per heavy atom. The average molecular weight is 198 g/mol. The van der Waals surface area contributed by atoms with E-state index in [1.807, 2.05) is 0 Å². The second-order valence-electron chi connectivity index (χ2n) is 4.27. The molecule has 0 amide bonds. The SMILES string of the molecule is CC1=C(O)C[C@@H](CCC(C)C)OC1=O. The Morgan fingerprint density at radius 1 is 1.57 bits per heavy atom. The minimum absolute atomic E-state index is 0.131. The Hall–Kier alpha value is -0.990. The number of hydrogen-bond acceptors (Lipinski definition) is 3. The van der Waals surface area contributed by atoms with Crippen molar-refractivity contribution in [3.8, 4) is 0 Å². The summed E-state index contributed by atoms with van der Waals surface area (Å²) in [7, 11) is 0. The Labute approximate surface area is 84.8 Å². The van der Waals surface area contributed by atoms with Crippen molar-refractivity contribution in [1.82, 2.24) is 0 Å². The third-order valence-corrected chi connectivity index (χ3v) is 2.50. The molecule has 1 rings (SSSR count). The zero-order valence-electron chi connectivity index (χ0n) is 9.04. The van der Waals surface area contributed by atoms with E-state index >= 15 is 0 Å². The fourth-order valence-corrected chi connectivity index (χ4v) is 1.45. The van der Waals surface area contributed by atoms with Crippen molar-refractivity contribution in [2.75, 3.05) is 0 Å². The van der Waals surface area contributed by atoms with E-state index in [-0.39, 0.29) is 17.8 Å². The number of rotatable bonds is 3. The van der Waals surface area contributed by atoms with Crippen molar-refractivity contribution in [2.45, 2.75) is 46.1 Å². The Bertz CT molecular complexity index is 253. The van der Waals surface area contributed by atoms with E-state index in [9.17, 15) is 9.90 Å². The van der Waals surface area contributed by atoms with Crippen LogP contribution in [0.3, 0.4) is 0 Å². The van der Waals surface area contributed by atoms with Gasteiger partial charge in [-0.3, -0.25) is 0 Å². The molecule has 0 aromatic rings. The fraction of sp³-hybridized carbons (Fsp3) is 0.727. The summed E-state index contributed by atoms with van der Waals surface area (Å²) in [6.45, 7) is 5.85. The minimum Gasteiger partial charge on any atom is -0.512 e. The minimum atomic E-state index is -0.373. The van der Waals surface area contributed by atoms with Gasteiger partial charge in [-0.15, -0.1) is 0 Å². The van der Waals surface area contributed by atoms with Crippen LogP contribution in [0.4, 0.5) is 0 Å². The largest absolute Gasteiger partial charge is 0.512 e. The zero-order chi connectivity index (χ0) is 10.7. The lowest BCUT2D eigenvalue weighted by Crippen LogP contribution is -2.26. The molecule has 0 aromatic heterocycles. The molecule has 0 saturated carbocycles. The van der Waals surface area contributed by atoms with Crippen molar-refractivity contribution < 1.29 is 14.6 Å². The van der Waals surface area contributed by atoms with E-state index in [2.05, 4.69) is 13.8 Å². The molecule has 14 heavy (non-hydrogen) atoms. The molecule has 0 saturated heterocycles. The van der Waals surface area contributed by atoms with Crippen LogP contribution in [0, 0.1) is 5.92 Å². The van der Waals surface area contributed by atoms with Gasteiger partial charge in [0.15, 0.2) is 0 Å². The van der Waals surface area contributed by atoms with Gasteiger partial charge < -0.3 is 9.84 Å². The molecule has 3 nitrogen and oxygen atoms in total. The van der Waals surface area contributed by atoms with Gasteiger partial charge in [0.25, 0.3) is 0 Å². The van der Waals surface area contributed by atoms with E-state index in [1.165, 1.54) is 0 Å². The molecule has 0 radical (unpaired) electrons. The summed E-state index contributed by atoms with van der Waals surface area (Å²) in [4.78, 5) is 11.2. The lowest BCUT2D eigenvalue weighted by molar-refractivity contribution is -0.147. The zero-order valence-corrected chi connectivity index (χ0v) is 9.04. The molecule has 3 heteroatoms. The second kappa shape index (κ2) is 4.49. The van der Waals surface area contributed by atoms with Crippen LogP contribution in [0.15, 0.2) is 11.3 Å². The van der Waals surface area contributed by atoms with Gasteiger partial charge in [-0.25, -0.2) is 4.79 Å². The Balaban J connectivity index is 2.49. The van der Waals surface area contributed by atoms with Crippen molar-refractivity contribution in [2.24, 2.45) is 5.92 Å². The maximum atomic E-state index is 11.2. The molecule has 0 unspecified atom stereocenters. The monoisotopic (exact) mass is 198 g/mol. The fourth-order valence-electron chi connectivity index (χ4n) is 1.45. The summed E-state index contributed by atoms with van der Waals surface area (Å²) >= 11 is 0. The first-order valence-corrected chi connectivity index (χ1v) is 5.10. The van der Waals surface area contributed by atoms with Gasteiger partial charge in [0.05, 0.1) is 5.57 Å². The van der Waals surface area contributed by atoms with E-state index < -0.39 is 0 Å². The standard InChI is InChI=1S/C11H18O3/c1-7(2)4-5-9-6-10(12)8(3)11(13)14-9/h7,9,12H,4-6H2,1-3H3/t9-/m1/s1. The number of hydrogen-bond donors (Lipinski definition) is 1. The molecule has 0 spiro atoms. The molecular formula is C11H18O3. The van der Waals surface area contributed by atoms with Crippen LogP contribution in [0.25, 0.3) is 0 Å². The molecule has 0 aromatic carbocycles. The van der Waals surface area contributed by atoms with Crippen LogP contribution >= 0.6 is 0 Å². The number of carbonyl (C=O) groups is 1. The summed E-state index contributed by atoms with van der Waals surface area (Å²) in [5, 5.41) is 9.46. The van der Waals surface area contributed by atoms with Gasteiger partial charge >= 0.3 is 5.97 Å². The third kappa shape index (κ3) is 2.76. The lowest BCUT2D eigenvalue weighted by atomic mass is 9.99. The summed E-state index contributed by atoms with van der Waals surface area (Å²) in [5.74, 6) is 0.417. The first-order valence-electron chi connectivity index (χ1n) is 5.10. The van der Waals surface area contributed by atoms with Gasteiger partial charge in [-0.1, -0.05) is 13.8 Å². The molecule has 1 aliphatic heterocycles. The van der Waals surface area contributed by atoms with Crippen molar-refractivity contribution >= 4 is 5.97 Å². The Kier molecular flexibility index (Phi) is 3.55. The van der Waals surface area contributed by atoms with Gasteiger partial charge in [-0.05, 0) is 25.7 Å². The maximum Gasteiger partial charge on any atom is 0.337 e. The molecule has 1 aliphatic rings. The summed E-state index contributed by atoms with van der Waals surface area (Å²) in [5.41, 5.74) is 0.353. The number of esters is 1. The predicted molar refractivity (Wildman–Crippen MR) is 53.9 cm³/mol. The van der Waals surface area contributed by atoms with Crippen LogP contribution in [0.1, 0.15) is 40.0 Å². The predicted octanol–water partition coefficient (Wildman–Crippen LogP) is 2.57. The number of aliphatic hydroxyl groups excluding tert-OH is 1. The van der Waals surface area contributed by atoms with Crippen molar-refractivity contribution in [3.63, 3.8) is 0 Å². The Morgan fingerprint density at radius 2 is 2.21 bits per heavy atom. The summed E-state index contributed by atoms with van der Waals surface area (Å²) in [6.07, 6.45) is 2.20. The molecule has 1 N–H and O–H groups in total. The van der Waals surface area contributed by atoms with Crippen molar-refractivity contribution in [3.05, 3.63) is 11.3 Å². The summed E-state index contributed by atoms with van der Waals surface area (Å²) < 4.78 is 5.16. The first kappa shape index (κ1) is 11.1. The van der Waals surface area contributed by atoms with Crippen LogP contribution in [-0.2, 0) is 9.53 Å². The van der Waals surface area contributed by atoms with E-state index in [1.54, 1.807) is 6.92 Å². The van der Waals surface area contributed by atoms with E-state index in [4.69, 9.17) is 4.74 Å².